The first-order valence-corrected chi connectivity index (χ1v) is 9.17. The van der Waals surface area contributed by atoms with Crippen LogP contribution in [0.2, 0.25) is 0 Å². The molecule has 3 rings (SSSR count). The van der Waals surface area contributed by atoms with E-state index in [1.54, 1.807) is 36.4 Å². The molecule has 0 saturated heterocycles. The summed E-state index contributed by atoms with van der Waals surface area (Å²) in [5, 5.41) is 0. The van der Waals surface area contributed by atoms with E-state index in [9.17, 15) is 4.79 Å². The summed E-state index contributed by atoms with van der Waals surface area (Å²) < 4.78 is 17.6. The zero-order valence-electron chi connectivity index (χ0n) is 13.9. The first-order chi connectivity index (χ1) is 12.7. The van der Waals surface area contributed by atoms with Crippen molar-refractivity contribution < 1.29 is 19.0 Å². The van der Waals surface area contributed by atoms with Crippen molar-refractivity contribution in [2.75, 3.05) is 13.2 Å². The third-order valence-corrected chi connectivity index (χ3v) is 4.20. The highest BCUT2D eigenvalue weighted by atomic mass is 127. The number of rotatable bonds is 7. The fourth-order valence-corrected chi connectivity index (χ4v) is 2.55. The van der Waals surface area contributed by atoms with E-state index in [4.69, 9.17) is 14.2 Å². The number of para-hydroxylation sites is 1. The fraction of sp³-hybridized carbons (Fsp3) is 0.0952. The average Bonchev–Trinajstić information content (AvgIpc) is 2.68. The van der Waals surface area contributed by atoms with Gasteiger partial charge in [-0.1, -0.05) is 18.2 Å². The summed E-state index contributed by atoms with van der Waals surface area (Å²) in [7, 11) is 0. The first kappa shape index (κ1) is 18.3. The van der Waals surface area contributed by atoms with Gasteiger partial charge in [0.15, 0.2) is 0 Å². The molecule has 0 heterocycles. The van der Waals surface area contributed by atoms with E-state index in [1.807, 2.05) is 42.5 Å². The summed E-state index contributed by atoms with van der Waals surface area (Å²) >= 11 is 2.20. The summed E-state index contributed by atoms with van der Waals surface area (Å²) in [4.78, 5) is 12.1. The maximum Gasteiger partial charge on any atom is 0.343 e. The van der Waals surface area contributed by atoms with E-state index in [-0.39, 0.29) is 0 Å². The number of hydrogen-bond acceptors (Lipinski definition) is 4. The molecular weight excluding hydrogens is 443 g/mol. The van der Waals surface area contributed by atoms with E-state index >= 15 is 0 Å². The molecule has 0 fully saturated rings. The zero-order valence-corrected chi connectivity index (χ0v) is 16.1. The molecule has 0 unspecified atom stereocenters. The van der Waals surface area contributed by atoms with Crippen LogP contribution < -0.4 is 14.2 Å². The Morgan fingerprint density at radius 1 is 0.692 bits per heavy atom. The number of benzene rings is 3. The Hall–Kier alpha value is -2.54. The van der Waals surface area contributed by atoms with Gasteiger partial charge in [0.25, 0.3) is 0 Å². The molecule has 0 N–H and O–H groups in total. The molecule has 0 spiro atoms. The van der Waals surface area contributed by atoms with Crippen LogP contribution in [0.4, 0.5) is 0 Å². The Kier molecular flexibility index (Phi) is 6.49. The predicted molar refractivity (Wildman–Crippen MR) is 108 cm³/mol. The van der Waals surface area contributed by atoms with Gasteiger partial charge in [-0.05, 0) is 83.3 Å². The summed E-state index contributed by atoms with van der Waals surface area (Å²) in [6.07, 6.45) is 0. The summed E-state index contributed by atoms with van der Waals surface area (Å²) in [5.41, 5.74) is 0.469. The van der Waals surface area contributed by atoms with E-state index < -0.39 is 5.97 Å². The molecule has 26 heavy (non-hydrogen) atoms. The Bertz CT molecular complexity index is 830. The van der Waals surface area contributed by atoms with Crippen molar-refractivity contribution in [1.29, 1.82) is 0 Å². The minimum absolute atomic E-state index is 0.398. The van der Waals surface area contributed by atoms with Crippen molar-refractivity contribution in [3.05, 3.63) is 88.0 Å². The number of esters is 1. The zero-order chi connectivity index (χ0) is 18.2. The molecule has 0 radical (unpaired) electrons. The van der Waals surface area contributed by atoms with Gasteiger partial charge >= 0.3 is 5.97 Å². The van der Waals surface area contributed by atoms with E-state index in [0.717, 1.165) is 9.32 Å². The van der Waals surface area contributed by atoms with Crippen LogP contribution in [0, 0.1) is 3.57 Å². The van der Waals surface area contributed by atoms with Gasteiger partial charge in [-0.15, -0.1) is 0 Å². The van der Waals surface area contributed by atoms with Crippen molar-refractivity contribution in [3.63, 3.8) is 0 Å². The Morgan fingerprint density at radius 2 is 1.23 bits per heavy atom. The minimum Gasteiger partial charge on any atom is -0.490 e. The molecule has 0 aliphatic carbocycles. The molecule has 0 aliphatic heterocycles. The number of hydrogen-bond donors (Lipinski definition) is 0. The average molecular weight is 460 g/mol. The van der Waals surface area contributed by atoms with Crippen LogP contribution in [0.5, 0.6) is 17.2 Å². The third kappa shape index (κ3) is 5.49. The highest BCUT2D eigenvalue weighted by Gasteiger charge is 2.08. The molecule has 132 valence electrons. The summed E-state index contributed by atoms with van der Waals surface area (Å²) in [5.74, 6) is 1.61. The van der Waals surface area contributed by atoms with Crippen LogP contribution in [-0.2, 0) is 0 Å². The molecular formula is C21H17IO4. The van der Waals surface area contributed by atoms with Gasteiger partial charge in [-0.3, -0.25) is 0 Å². The molecule has 0 atom stereocenters. The lowest BCUT2D eigenvalue weighted by atomic mass is 10.2. The number of halogens is 1. The lowest BCUT2D eigenvalue weighted by molar-refractivity contribution is 0.0734. The van der Waals surface area contributed by atoms with E-state index in [1.165, 1.54) is 0 Å². The van der Waals surface area contributed by atoms with Crippen LogP contribution >= 0.6 is 22.6 Å². The molecule has 0 bridgehead atoms. The van der Waals surface area contributed by atoms with Gasteiger partial charge in [-0.25, -0.2) is 4.79 Å². The maximum atomic E-state index is 12.1. The topological polar surface area (TPSA) is 44.8 Å². The SMILES string of the molecule is O=C(Oc1ccc(I)cc1)c1ccc(OCCOc2ccccc2)cc1. The van der Waals surface area contributed by atoms with Gasteiger partial charge in [-0.2, -0.15) is 0 Å². The van der Waals surface area contributed by atoms with Crippen LogP contribution in [0.3, 0.4) is 0 Å². The molecule has 0 aliphatic rings. The molecule has 5 heteroatoms. The summed E-state index contributed by atoms with van der Waals surface area (Å²) in [6, 6.07) is 23.7. The second-order valence-corrected chi connectivity index (χ2v) is 6.62. The standard InChI is InChI=1S/C21H17IO4/c22-17-8-12-20(13-9-17)26-21(23)16-6-10-19(11-7-16)25-15-14-24-18-4-2-1-3-5-18/h1-13H,14-15H2. The number of carbonyl (C=O) groups is 1. The van der Waals surface area contributed by atoms with Crippen LogP contribution in [0.25, 0.3) is 0 Å². The lowest BCUT2D eigenvalue weighted by Gasteiger charge is -2.09. The van der Waals surface area contributed by atoms with Gasteiger partial charge in [0.05, 0.1) is 5.56 Å². The molecule has 4 nitrogen and oxygen atoms in total. The van der Waals surface area contributed by atoms with Gasteiger partial charge in [0, 0.05) is 3.57 Å². The van der Waals surface area contributed by atoms with Gasteiger partial charge < -0.3 is 14.2 Å². The van der Waals surface area contributed by atoms with Crippen molar-refractivity contribution in [2.24, 2.45) is 0 Å². The minimum atomic E-state index is -0.398. The monoisotopic (exact) mass is 460 g/mol. The van der Waals surface area contributed by atoms with Crippen molar-refractivity contribution in [3.8, 4) is 17.2 Å². The third-order valence-electron chi connectivity index (χ3n) is 3.48. The molecule has 0 aromatic heterocycles. The Balaban J connectivity index is 1.46. The second-order valence-electron chi connectivity index (χ2n) is 5.38. The maximum absolute atomic E-state index is 12.1. The Morgan fingerprint density at radius 3 is 1.85 bits per heavy atom. The largest absolute Gasteiger partial charge is 0.490 e. The second kappa shape index (κ2) is 9.24. The summed E-state index contributed by atoms with van der Waals surface area (Å²) in [6.45, 7) is 0.863. The smallest absolute Gasteiger partial charge is 0.343 e. The van der Waals surface area contributed by atoms with Crippen molar-refractivity contribution in [1.82, 2.24) is 0 Å². The van der Waals surface area contributed by atoms with Crippen LogP contribution in [-0.4, -0.2) is 19.2 Å². The quantitative estimate of drug-likeness (QED) is 0.216. The van der Waals surface area contributed by atoms with Crippen LogP contribution in [0.1, 0.15) is 10.4 Å². The number of carbonyl (C=O) groups excluding carboxylic acids is 1. The normalized spacial score (nSPS) is 10.2. The molecule has 3 aromatic rings. The predicted octanol–water partition coefficient (Wildman–Crippen LogP) is 4.97. The highest BCUT2D eigenvalue weighted by molar-refractivity contribution is 14.1. The van der Waals surface area contributed by atoms with Gasteiger partial charge in [0.1, 0.15) is 30.5 Å². The van der Waals surface area contributed by atoms with Crippen molar-refractivity contribution >= 4 is 28.6 Å². The first-order valence-electron chi connectivity index (χ1n) is 8.09. The van der Waals surface area contributed by atoms with Gasteiger partial charge in [0.2, 0.25) is 0 Å². The Labute approximate surface area is 165 Å². The highest BCUT2D eigenvalue weighted by Crippen LogP contribution is 2.17. The lowest BCUT2D eigenvalue weighted by Crippen LogP contribution is -2.10. The number of ether oxygens (including phenoxy) is 3. The van der Waals surface area contributed by atoms with Crippen LogP contribution in [0.15, 0.2) is 78.9 Å². The van der Waals surface area contributed by atoms with E-state index in [0.29, 0.717) is 30.3 Å². The van der Waals surface area contributed by atoms with Crippen molar-refractivity contribution in [2.45, 2.75) is 0 Å². The molecule has 0 amide bonds. The fourth-order valence-electron chi connectivity index (χ4n) is 2.19. The molecule has 3 aromatic carbocycles. The van der Waals surface area contributed by atoms with E-state index in [2.05, 4.69) is 22.6 Å². The molecule has 0 saturated carbocycles.